The minimum Gasteiger partial charge on any atom is -0.508 e. The highest BCUT2D eigenvalue weighted by Crippen LogP contribution is 2.35. The van der Waals surface area contributed by atoms with Gasteiger partial charge in [0.05, 0.1) is 9.48 Å². The molecule has 0 radical (unpaired) electrons. The second-order valence-corrected chi connectivity index (χ2v) is 5.54. The molecular weight excluding hydrogens is 286 g/mol. The van der Waals surface area contributed by atoms with E-state index in [-0.39, 0.29) is 5.75 Å². The van der Waals surface area contributed by atoms with E-state index in [0.29, 0.717) is 4.47 Å². The van der Waals surface area contributed by atoms with Gasteiger partial charge in [0.2, 0.25) is 0 Å². The lowest BCUT2D eigenvalue weighted by atomic mass is 10.2. The topological polar surface area (TPSA) is 33.1 Å². The van der Waals surface area contributed by atoms with Gasteiger partial charge in [0.15, 0.2) is 4.47 Å². The number of aromatic nitrogens is 1. The Morgan fingerprint density at radius 1 is 1.29 bits per heavy atom. The Morgan fingerprint density at radius 2 is 1.93 bits per heavy atom. The van der Waals surface area contributed by atoms with Gasteiger partial charge in [-0.15, -0.1) is 0 Å². The fraction of sp³-hybridized carbons (Fsp3) is 0. The highest BCUT2D eigenvalue weighted by molar-refractivity contribution is 9.11. The van der Waals surface area contributed by atoms with Crippen LogP contribution in [0.15, 0.2) is 28.1 Å². The van der Waals surface area contributed by atoms with E-state index < -0.39 is 0 Å². The number of rotatable bonds is 1. The molecule has 0 saturated heterocycles. The molecule has 1 aromatic carbocycles. The van der Waals surface area contributed by atoms with E-state index in [1.807, 2.05) is 0 Å². The van der Waals surface area contributed by atoms with Crippen LogP contribution in [-0.2, 0) is 0 Å². The monoisotopic (exact) mass is 289 g/mol. The molecule has 14 heavy (non-hydrogen) atoms. The average molecular weight is 291 g/mol. The van der Waals surface area contributed by atoms with E-state index in [1.165, 1.54) is 11.3 Å². The van der Waals surface area contributed by atoms with Gasteiger partial charge in [0, 0.05) is 5.56 Å². The van der Waals surface area contributed by atoms with Crippen molar-refractivity contribution in [2.24, 2.45) is 0 Å². The molecule has 1 aromatic heterocycles. The van der Waals surface area contributed by atoms with Crippen LogP contribution in [0.3, 0.4) is 0 Å². The fourth-order valence-corrected chi connectivity index (χ4v) is 2.99. The van der Waals surface area contributed by atoms with Crippen molar-refractivity contribution in [3.05, 3.63) is 32.5 Å². The van der Waals surface area contributed by atoms with E-state index in [4.69, 9.17) is 16.7 Å². The van der Waals surface area contributed by atoms with Crippen LogP contribution in [0.1, 0.15) is 0 Å². The Kier molecular flexibility index (Phi) is 2.76. The molecule has 2 aromatic rings. The Balaban J connectivity index is 2.49. The second-order valence-electron chi connectivity index (χ2n) is 2.64. The molecule has 0 aliphatic rings. The first-order valence-corrected chi connectivity index (χ1v) is 5.77. The molecule has 0 fully saturated rings. The molecule has 1 heterocycles. The third kappa shape index (κ3) is 1.92. The molecule has 5 heteroatoms. The lowest BCUT2D eigenvalue weighted by Gasteiger charge is -1.97. The van der Waals surface area contributed by atoms with Crippen LogP contribution < -0.4 is 0 Å². The van der Waals surface area contributed by atoms with Gasteiger partial charge in [0.1, 0.15) is 5.75 Å². The van der Waals surface area contributed by atoms with Gasteiger partial charge in [-0.2, -0.15) is 0 Å². The minimum absolute atomic E-state index is 0.242. The fourth-order valence-electron chi connectivity index (χ4n) is 1.07. The van der Waals surface area contributed by atoms with Gasteiger partial charge in [-0.3, -0.25) is 0 Å². The Labute approximate surface area is 98.3 Å². The molecule has 0 unspecified atom stereocenters. The van der Waals surface area contributed by atoms with Gasteiger partial charge in [-0.05, 0) is 40.2 Å². The summed E-state index contributed by atoms with van der Waals surface area (Å²) in [6, 6.07) is 6.83. The molecule has 0 saturated carbocycles. The van der Waals surface area contributed by atoms with Crippen LogP contribution in [-0.4, -0.2) is 10.1 Å². The van der Waals surface area contributed by atoms with E-state index in [9.17, 15) is 0 Å². The Hall–Kier alpha value is -0.580. The maximum atomic E-state index is 9.12. The summed E-state index contributed by atoms with van der Waals surface area (Å²) < 4.78 is 1.40. The number of benzene rings is 1. The van der Waals surface area contributed by atoms with Crippen molar-refractivity contribution in [2.75, 3.05) is 0 Å². The first-order valence-electron chi connectivity index (χ1n) is 3.78. The number of aromatic hydroxyl groups is 1. The summed E-state index contributed by atoms with van der Waals surface area (Å²) in [7, 11) is 0. The van der Waals surface area contributed by atoms with E-state index >= 15 is 0 Å². The number of hydrogen-bond donors (Lipinski definition) is 1. The van der Waals surface area contributed by atoms with E-state index in [2.05, 4.69) is 20.9 Å². The molecule has 2 rings (SSSR count). The van der Waals surface area contributed by atoms with Crippen molar-refractivity contribution in [2.45, 2.75) is 0 Å². The van der Waals surface area contributed by atoms with Crippen LogP contribution in [0.5, 0.6) is 5.75 Å². The molecule has 1 N–H and O–H groups in total. The van der Waals surface area contributed by atoms with Gasteiger partial charge >= 0.3 is 0 Å². The zero-order chi connectivity index (χ0) is 10.1. The number of phenols is 1. The quantitative estimate of drug-likeness (QED) is 0.863. The summed E-state index contributed by atoms with van der Waals surface area (Å²) in [5, 5.41) is 9.12. The second kappa shape index (κ2) is 3.88. The zero-order valence-electron chi connectivity index (χ0n) is 6.87. The largest absolute Gasteiger partial charge is 0.508 e. The number of nitrogens with zero attached hydrogens (tertiary/aromatic N) is 1. The summed E-state index contributed by atoms with van der Waals surface area (Å²) in [6.07, 6.45) is 0. The number of phenolic OH excluding ortho intramolecular Hbond substituents is 1. The average Bonchev–Trinajstić information content (AvgIpc) is 2.47. The van der Waals surface area contributed by atoms with Crippen molar-refractivity contribution in [3.63, 3.8) is 0 Å². The van der Waals surface area contributed by atoms with Gasteiger partial charge in [0.25, 0.3) is 0 Å². The molecule has 0 atom stereocenters. The SMILES string of the molecule is Oc1ccc(-c2nc(Cl)sc2Br)cc1. The molecule has 0 amide bonds. The summed E-state index contributed by atoms with van der Waals surface area (Å²) in [6.45, 7) is 0. The van der Waals surface area contributed by atoms with Crippen LogP contribution in [0, 0.1) is 0 Å². The van der Waals surface area contributed by atoms with E-state index in [0.717, 1.165) is 15.0 Å². The maximum absolute atomic E-state index is 9.12. The smallest absolute Gasteiger partial charge is 0.185 e. The van der Waals surface area contributed by atoms with Crippen molar-refractivity contribution >= 4 is 38.9 Å². The standard InChI is InChI=1S/C9H5BrClNOS/c10-8-7(12-9(11)14-8)5-1-3-6(13)4-2-5/h1-4,13H. The third-order valence-electron chi connectivity index (χ3n) is 1.70. The van der Waals surface area contributed by atoms with Gasteiger partial charge in [-0.25, -0.2) is 4.98 Å². The zero-order valence-corrected chi connectivity index (χ0v) is 10.0. The maximum Gasteiger partial charge on any atom is 0.185 e. The van der Waals surface area contributed by atoms with Crippen molar-refractivity contribution in [1.82, 2.24) is 4.98 Å². The first kappa shape index (κ1) is 9.96. The molecule has 0 aliphatic carbocycles. The minimum atomic E-state index is 0.242. The Morgan fingerprint density at radius 3 is 2.43 bits per heavy atom. The molecule has 0 aliphatic heterocycles. The molecule has 2 nitrogen and oxygen atoms in total. The van der Waals surface area contributed by atoms with Crippen molar-refractivity contribution in [1.29, 1.82) is 0 Å². The normalized spacial score (nSPS) is 10.4. The number of thiazole rings is 1. The number of hydrogen-bond acceptors (Lipinski definition) is 3. The van der Waals surface area contributed by atoms with E-state index in [1.54, 1.807) is 24.3 Å². The molecule has 72 valence electrons. The Bertz CT molecular complexity index is 454. The molecular formula is C9H5BrClNOS. The highest BCUT2D eigenvalue weighted by Gasteiger charge is 2.09. The summed E-state index contributed by atoms with van der Waals surface area (Å²) >= 11 is 10.5. The van der Waals surface area contributed by atoms with Gasteiger partial charge < -0.3 is 5.11 Å². The summed E-state index contributed by atoms with van der Waals surface area (Å²) in [5.41, 5.74) is 1.73. The first-order chi connectivity index (χ1) is 6.66. The number of halogens is 2. The van der Waals surface area contributed by atoms with Crippen LogP contribution in [0.2, 0.25) is 4.47 Å². The lowest BCUT2D eigenvalue weighted by molar-refractivity contribution is 0.475. The van der Waals surface area contributed by atoms with Crippen LogP contribution in [0.25, 0.3) is 11.3 Å². The van der Waals surface area contributed by atoms with Gasteiger partial charge in [-0.1, -0.05) is 22.9 Å². The van der Waals surface area contributed by atoms with Crippen LogP contribution in [0.4, 0.5) is 0 Å². The summed E-state index contributed by atoms with van der Waals surface area (Å²) in [4.78, 5) is 4.17. The van der Waals surface area contributed by atoms with Crippen LogP contribution >= 0.6 is 38.9 Å². The highest BCUT2D eigenvalue weighted by atomic mass is 79.9. The summed E-state index contributed by atoms with van der Waals surface area (Å²) in [5.74, 6) is 0.242. The lowest BCUT2D eigenvalue weighted by Crippen LogP contribution is -1.77. The molecule has 0 bridgehead atoms. The van der Waals surface area contributed by atoms with Crippen molar-refractivity contribution < 1.29 is 5.11 Å². The predicted octanol–water partition coefficient (Wildman–Crippen LogP) is 3.93. The molecule has 0 spiro atoms. The van der Waals surface area contributed by atoms with Crippen molar-refractivity contribution in [3.8, 4) is 17.0 Å². The predicted molar refractivity (Wildman–Crippen MR) is 61.9 cm³/mol. The third-order valence-corrected chi connectivity index (χ3v) is 3.51.